The van der Waals surface area contributed by atoms with Gasteiger partial charge in [-0.05, 0) is 23.8 Å². The summed E-state index contributed by atoms with van der Waals surface area (Å²) in [5.41, 5.74) is 7.15. The van der Waals surface area contributed by atoms with Crippen LogP contribution in [0.25, 0.3) is 10.8 Å². The standard InChI is InChI=1S/C13H16N2/c1-2-3-6-10-9-15-13(14)12-8-5-4-7-11(10)12/h4-5,7-9H,2-3,6H2,1H3,(H2,14,15). The van der Waals surface area contributed by atoms with Gasteiger partial charge in [-0.3, -0.25) is 0 Å². The van der Waals surface area contributed by atoms with Crippen molar-refractivity contribution in [1.29, 1.82) is 0 Å². The number of pyridine rings is 1. The highest BCUT2D eigenvalue weighted by atomic mass is 14.8. The van der Waals surface area contributed by atoms with Gasteiger partial charge in [0.1, 0.15) is 5.82 Å². The lowest BCUT2D eigenvalue weighted by atomic mass is 10.0. The normalized spacial score (nSPS) is 10.7. The molecule has 0 atom stereocenters. The Labute approximate surface area is 90.1 Å². The van der Waals surface area contributed by atoms with E-state index < -0.39 is 0 Å². The van der Waals surface area contributed by atoms with Gasteiger partial charge in [-0.2, -0.15) is 0 Å². The van der Waals surface area contributed by atoms with Gasteiger partial charge in [0.25, 0.3) is 0 Å². The number of unbranched alkanes of at least 4 members (excludes halogenated alkanes) is 1. The first kappa shape index (κ1) is 9.97. The van der Waals surface area contributed by atoms with Crippen LogP contribution in [0.1, 0.15) is 25.3 Å². The molecule has 0 unspecified atom stereocenters. The lowest BCUT2D eigenvalue weighted by molar-refractivity contribution is 0.796. The van der Waals surface area contributed by atoms with E-state index in [9.17, 15) is 0 Å². The Bertz CT molecular complexity index is 463. The molecule has 2 rings (SSSR count). The van der Waals surface area contributed by atoms with E-state index in [1.165, 1.54) is 23.8 Å². The third-order valence-electron chi connectivity index (χ3n) is 2.71. The minimum Gasteiger partial charge on any atom is -0.383 e. The van der Waals surface area contributed by atoms with Crippen LogP contribution in [0.15, 0.2) is 30.5 Å². The number of hydrogen-bond acceptors (Lipinski definition) is 2. The first-order valence-electron chi connectivity index (χ1n) is 5.45. The van der Waals surface area contributed by atoms with Gasteiger partial charge in [-0.25, -0.2) is 4.98 Å². The summed E-state index contributed by atoms with van der Waals surface area (Å²) < 4.78 is 0. The molecule has 0 saturated carbocycles. The van der Waals surface area contributed by atoms with Crippen molar-refractivity contribution in [3.63, 3.8) is 0 Å². The second kappa shape index (κ2) is 4.30. The first-order valence-corrected chi connectivity index (χ1v) is 5.45. The Hall–Kier alpha value is -1.57. The molecule has 1 aromatic carbocycles. The monoisotopic (exact) mass is 200 g/mol. The molecule has 0 aliphatic heterocycles. The van der Waals surface area contributed by atoms with E-state index in [0.717, 1.165) is 11.8 Å². The van der Waals surface area contributed by atoms with Crippen LogP contribution < -0.4 is 5.73 Å². The fourth-order valence-corrected chi connectivity index (χ4v) is 1.84. The van der Waals surface area contributed by atoms with E-state index >= 15 is 0 Å². The molecule has 2 N–H and O–H groups in total. The van der Waals surface area contributed by atoms with Crippen molar-refractivity contribution in [2.45, 2.75) is 26.2 Å². The molecule has 1 heterocycles. The number of anilines is 1. The Morgan fingerprint density at radius 1 is 1.20 bits per heavy atom. The summed E-state index contributed by atoms with van der Waals surface area (Å²) >= 11 is 0. The summed E-state index contributed by atoms with van der Waals surface area (Å²) in [6, 6.07) is 8.21. The molecule has 1 aromatic heterocycles. The zero-order valence-corrected chi connectivity index (χ0v) is 9.03. The maximum absolute atomic E-state index is 5.84. The molecule has 0 bridgehead atoms. The number of hydrogen-bond donors (Lipinski definition) is 1. The van der Waals surface area contributed by atoms with Gasteiger partial charge in [0, 0.05) is 11.6 Å². The third-order valence-corrected chi connectivity index (χ3v) is 2.71. The van der Waals surface area contributed by atoms with Crippen molar-refractivity contribution in [1.82, 2.24) is 4.98 Å². The summed E-state index contributed by atoms with van der Waals surface area (Å²) in [6.45, 7) is 2.20. The van der Waals surface area contributed by atoms with Gasteiger partial charge in [0.15, 0.2) is 0 Å². The van der Waals surface area contributed by atoms with E-state index in [2.05, 4.69) is 24.0 Å². The maximum atomic E-state index is 5.84. The van der Waals surface area contributed by atoms with E-state index in [1.807, 2.05) is 18.3 Å². The van der Waals surface area contributed by atoms with Crippen molar-refractivity contribution < 1.29 is 0 Å². The molecule has 2 nitrogen and oxygen atoms in total. The number of benzene rings is 1. The maximum Gasteiger partial charge on any atom is 0.131 e. The second-order valence-corrected chi connectivity index (χ2v) is 3.82. The van der Waals surface area contributed by atoms with Crippen molar-refractivity contribution in [2.24, 2.45) is 0 Å². The highest BCUT2D eigenvalue weighted by Crippen LogP contribution is 2.23. The molecule has 78 valence electrons. The van der Waals surface area contributed by atoms with Crippen LogP contribution >= 0.6 is 0 Å². The zero-order chi connectivity index (χ0) is 10.7. The van der Waals surface area contributed by atoms with Gasteiger partial charge in [0.2, 0.25) is 0 Å². The Balaban J connectivity index is 2.51. The van der Waals surface area contributed by atoms with Crippen LogP contribution in [-0.4, -0.2) is 4.98 Å². The van der Waals surface area contributed by atoms with E-state index in [1.54, 1.807) is 0 Å². The van der Waals surface area contributed by atoms with Crippen LogP contribution in [0.2, 0.25) is 0 Å². The minimum absolute atomic E-state index is 0.630. The molecule has 0 aliphatic rings. The Morgan fingerprint density at radius 3 is 2.67 bits per heavy atom. The molecule has 0 saturated heterocycles. The van der Waals surface area contributed by atoms with Crippen LogP contribution in [0.4, 0.5) is 5.82 Å². The van der Waals surface area contributed by atoms with Crippen LogP contribution in [0.3, 0.4) is 0 Å². The number of aryl methyl sites for hydroxylation is 1. The zero-order valence-electron chi connectivity index (χ0n) is 9.03. The predicted octanol–water partition coefficient (Wildman–Crippen LogP) is 3.16. The third kappa shape index (κ3) is 1.94. The molecule has 0 amide bonds. The number of nitrogens with zero attached hydrogens (tertiary/aromatic N) is 1. The van der Waals surface area contributed by atoms with Gasteiger partial charge in [-0.1, -0.05) is 37.6 Å². The summed E-state index contributed by atoms with van der Waals surface area (Å²) in [4.78, 5) is 4.24. The van der Waals surface area contributed by atoms with Gasteiger partial charge in [-0.15, -0.1) is 0 Å². The van der Waals surface area contributed by atoms with Crippen LogP contribution in [0, 0.1) is 0 Å². The topological polar surface area (TPSA) is 38.9 Å². The highest BCUT2D eigenvalue weighted by Gasteiger charge is 2.03. The molecular weight excluding hydrogens is 184 g/mol. The summed E-state index contributed by atoms with van der Waals surface area (Å²) in [7, 11) is 0. The molecule has 0 spiro atoms. The summed E-state index contributed by atoms with van der Waals surface area (Å²) in [6.07, 6.45) is 5.41. The van der Waals surface area contributed by atoms with Crippen molar-refractivity contribution >= 4 is 16.6 Å². The van der Waals surface area contributed by atoms with Crippen LogP contribution in [-0.2, 0) is 6.42 Å². The van der Waals surface area contributed by atoms with E-state index in [-0.39, 0.29) is 0 Å². The van der Waals surface area contributed by atoms with Crippen molar-refractivity contribution in [3.8, 4) is 0 Å². The highest BCUT2D eigenvalue weighted by molar-refractivity contribution is 5.93. The van der Waals surface area contributed by atoms with Gasteiger partial charge >= 0.3 is 0 Å². The van der Waals surface area contributed by atoms with E-state index in [0.29, 0.717) is 5.82 Å². The molecule has 0 fully saturated rings. The Morgan fingerprint density at radius 2 is 1.93 bits per heavy atom. The first-order chi connectivity index (χ1) is 7.33. The summed E-state index contributed by atoms with van der Waals surface area (Å²) in [5.74, 6) is 0.630. The SMILES string of the molecule is CCCCc1cnc(N)c2ccccc12. The molecule has 2 heteroatoms. The smallest absolute Gasteiger partial charge is 0.131 e. The average Bonchev–Trinajstić information content (AvgIpc) is 2.29. The lowest BCUT2D eigenvalue weighted by Gasteiger charge is -2.07. The van der Waals surface area contributed by atoms with Crippen LogP contribution in [0.5, 0.6) is 0 Å². The quantitative estimate of drug-likeness (QED) is 0.826. The fraction of sp³-hybridized carbons (Fsp3) is 0.308. The molecular formula is C13H16N2. The molecule has 0 aliphatic carbocycles. The second-order valence-electron chi connectivity index (χ2n) is 3.82. The van der Waals surface area contributed by atoms with Crippen molar-refractivity contribution in [2.75, 3.05) is 5.73 Å². The largest absolute Gasteiger partial charge is 0.383 e. The van der Waals surface area contributed by atoms with Crippen molar-refractivity contribution in [3.05, 3.63) is 36.0 Å². The average molecular weight is 200 g/mol. The van der Waals surface area contributed by atoms with E-state index in [4.69, 9.17) is 5.73 Å². The number of rotatable bonds is 3. The number of nitrogen functional groups attached to an aromatic ring is 1. The minimum atomic E-state index is 0.630. The number of fused-ring (bicyclic) bond motifs is 1. The molecule has 15 heavy (non-hydrogen) atoms. The Kier molecular flexibility index (Phi) is 2.86. The molecule has 0 radical (unpaired) electrons. The lowest BCUT2D eigenvalue weighted by Crippen LogP contribution is -1.95. The van der Waals surface area contributed by atoms with Gasteiger partial charge in [0.05, 0.1) is 0 Å². The van der Waals surface area contributed by atoms with Gasteiger partial charge < -0.3 is 5.73 Å². The number of nitrogens with two attached hydrogens (primary N) is 1. The predicted molar refractivity (Wildman–Crippen MR) is 64.8 cm³/mol. The molecule has 2 aromatic rings. The fourth-order valence-electron chi connectivity index (χ4n) is 1.84. The number of aromatic nitrogens is 1. The summed E-state index contributed by atoms with van der Waals surface area (Å²) in [5, 5.41) is 2.32.